The SMILES string of the molecule is CCCCCCOCC(=O)c1cc(C)n(C)c1C. The van der Waals surface area contributed by atoms with Gasteiger partial charge in [-0.1, -0.05) is 26.2 Å². The molecule has 0 aromatic carbocycles. The molecule has 18 heavy (non-hydrogen) atoms. The van der Waals surface area contributed by atoms with Crippen LogP contribution < -0.4 is 0 Å². The van der Waals surface area contributed by atoms with Crippen molar-refractivity contribution in [1.29, 1.82) is 0 Å². The highest BCUT2D eigenvalue weighted by atomic mass is 16.5. The van der Waals surface area contributed by atoms with Gasteiger partial charge in [0.15, 0.2) is 5.78 Å². The molecule has 0 fully saturated rings. The highest BCUT2D eigenvalue weighted by Crippen LogP contribution is 2.14. The molecule has 0 unspecified atom stereocenters. The van der Waals surface area contributed by atoms with Gasteiger partial charge in [-0.25, -0.2) is 0 Å². The number of rotatable bonds is 8. The number of Topliss-reactive ketones (excluding diaryl/α,β-unsaturated/α-hetero) is 1. The second-order valence-corrected chi connectivity index (χ2v) is 4.88. The maximum atomic E-state index is 12.0. The minimum absolute atomic E-state index is 0.0895. The summed E-state index contributed by atoms with van der Waals surface area (Å²) in [5.74, 6) is 0.0895. The van der Waals surface area contributed by atoms with E-state index in [-0.39, 0.29) is 12.4 Å². The van der Waals surface area contributed by atoms with Gasteiger partial charge in [-0.2, -0.15) is 0 Å². The lowest BCUT2D eigenvalue weighted by atomic mass is 10.1. The number of ketones is 1. The van der Waals surface area contributed by atoms with Crippen molar-refractivity contribution in [3.05, 3.63) is 23.0 Å². The third kappa shape index (κ3) is 3.98. The zero-order valence-electron chi connectivity index (χ0n) is 12.1. The third-order valence-corrected chi connectivity index (χ3v) is 3.45. The van der Waals surface area contributed by atoms with Crippen LogP contribution in [0.1, 0.15) is 54.4 Å². The summed E-state index contributed by atoms with van der Waals surface area (Å²) in [6.45, 7) is 7.06. The summed E-state index contributed by atoms with van der Waals surface area (Å²) < 4.78 is 7.48. The molecule has 102 valence electrons. The largest absolute Gasteiger partial charge is 0.373 e. The van der Waals surface area contributed by atoms with Crippen LogP contribution in [0.4, 0.5) is 0 Å². The molecule has 0 bridgehead atoms. The maximum absolute atomic E-state index is 12.0. The Kier molecular flexibility index (Phi) is 6.13. The number of unbranched alkanes of at least 4 members (excludes halogenated alkanes) is 3. The molecule has 1 rings (SSSR count). The molecule has 0 N–H and O–H groups in total. The molecule has 0 aliphatic carbocycles. The van der Waals surface area contributed by atoms with Crippen molar-refractivity contribution < 1.29 is 9.53 Å². The molecule has 0 aliphatic rings. The molecule has 0 saturated heterocycles. The van der Waals surface area contributed by atoms with Crippen LogP contribution in [-0.2, 0) is 11.8 Å². The van der Waals surface area contributed by atoms with E-state index in [1.165, 1.54) is 19.3 Å². The van der Waals surface area contributed by atoms with Crippen LogP contribution in [-0.4, -0.2) is 23.6 Å². The molecule has 0 saturated carbocycles. The number of carbonyl (C=O) groups excluding carboxylic acids is 1. The quantitative estimate of drug-likeness (QED) is 0.523. The molecule has 0 aliphatic heterocycles. The molecule has 1 aromatic rings. The van der Waals surface area contributed by atoms with Gasteiger partial charge in [0, 0.05) is 30.6 Å². The Morgan fingerprint density at radius 2 is 2.00 bits per heavy atom. The smallest absolute Gasteiger partial charge is 0.190 e. The van der Waals surface area contributed by atoms with Gasteiger partial charge in [0.05, 0.1) is 0 Å². The summed E-state index contributed by atoms with van der Waals surface area (Å²) in [6.07, 6.45) is 4.71. The number of aromatic nitrogens is 1. The first-order valence-electron chi connectivity index (χ1n) is 6.81. The first kappa shape index (κ1) is 15.0. The van der Waals surface area contributed by atoms with Crippen LogP contribution in [0.3, 0.4) is 0 Å². The van der Waals surface area contributed by atoms with Crippen LogP contribution in [0.5, 0.6) is 0 Å². The summed E-state index contributed by atoms with van der Waals surface area (Å²) in [4.78, 5) is 12.0. The van der Waals surface area contributed by atoms with Crippen LogP contribution in [0.15, 0.2) is 6.07 Å². The number of hydrogen-bond donors (Lipinski definition) is 0. The fourth-order valence-electron chi connectivity index (χ4n) is 2.01. The Balaban J connectivity index is 2.34. The number of nitrogens with zero attached hydrogens (tertiary/aromatic N) is 1. The third-order valence-electron chi connectivity index (χ3n) is 3.45. The molecule has 1 heterocycles. The Morgan fingerprint density at radius 3 is 2.56 bits per heavy atom. The predicted molar refractivity (Wildman–Crippen MR) is 74.2 cm³/mol. The minimum Gasteiger partial charge on any atom is -0.373 e. The minimum atomic E-state index is 0.0895. The zero-order valence-corrected chi connectivity index (χ0v) is 12.1. The highest BCUT2D eigenvalue weighted by molar-refractivity contribution is 5.98. The first-order valence-corrected chi connectivity index (χ1v) is 6.81. The van der Waals surface area contributed by atoms with E-state index in [0.717, 1.165) is 23.4 Å². The number of aryl methyl sites for hydroxylation is 1. The van der Waals surface area contributed by atoms with Crippen molar-refractivity contribution in [3.8, 4) is 0 Å². The standard InChI is InChI=1S/C15H25NO2/c1-5-6-7-8-9-18-11-15(17)14-10-12(2)16(4)13(14)3/h10H,5-9,11H2,1-4H3. The molecule has 0 amide bonds. The van der Waals surface area contributed by atoms with Gasteiger partial charge >= 0.3 is 0 Å². The van der Waals surface area contributed by atoms with E-state index < -0.39 is 0 Å². The Labute approximate surface area is 110 Å². The van der Waals surface area contributed by atoms with E-state index in [4.69, 9.17) is 4.74 Å². The molecule has 3 heteroatoms. The number of ether oxygens (including phenoxy) is 1. The fourth-order valence-corrected chi connectivity index (χ4v) is 2.01. The van der Waals surface area contributed by atoms with Gasteiger partial charge in [-0.15, -0.1) is 0 Å². The molecule has 0 atom stereocenters. The average Bonchev–Trinajstić information content (AvgIpc) is 2.61. The number of carbonyl (C=O) groups is 1. The van der Waals surface area contributed by atoms with Crippen molar-refractivity contribution in [2.45, 2.75) is 46.5 Å². The normalized spacial score (nSPS) is 10.9. The van der Waals surface area contributed by atoms with Gasteiger partial charge in [-0.05, 0) is 26.3 Å². The number of hydrogen-bond acceptors (Lipinski definition) is 2. The summed E-state index contributed by atoms with van der Waals surface area (Å²) >= 11 is 0. The van der Waals surface area contributed by atoms with Crippen LogP contribution in [0.2, 0.25) is 0 Å². The molecule has 0 radical (unpaired) electrons. The van der Waals surface area contributed by atoms with Crippen molar-refractivity contribution in [1.82, 2.24) is 4.57 Å². The molecule has 3 nitrogen and oxygen atoms in total. The molecular formula is C15H25NO2. The van der Waals surface area contributed by atoms with Crippen molar-refractivity contribution >= 4 is 5.78 Å². The molecule has 0 spiro atoms. The lowest BCUT2D eigenvalue weighted by molar-refractivity contribution is 0.0751. The highest BCUT2D eigenvalue weighted by Gasteiger charge is 2.13. The van der Waals surface area contributed by atoms with E-state index >= 15 is 0 Å². The Hall–Kier alpha value is -1.09. The lowest BCUT2D eigenvalue weighted by Crippen LogP contribution is -2.11. The summed E-state index contributed by atoms with van der Waals surface area (Å²) in [7, 11) is 1.98. The maximum Gasteiger partial charge on any atom is 0.190 e. The monoisotopic (exact) mass is 251 g/mol. The summed E-state index contributed by atoms with van der Waals surface area (Å²) in [5.41, 5.74) is 2.93. The van der Waals surface area contributed by atoms with E-state index in [2.05, 4.69) is 6.92 Å². The first-order chi connectivity index (χ1) is 8.57. The van der Waals surface area contributed by atoms with Crippen molar-refractivity contribution in [2.24, 2.45) is 7.05 Å². The van der Waals surface area contributed by atoms with Gasteiger partial charge < -0.3 is 9.30 Å². The summed E-state index contributed by atoms with van der Waals surface area (Å²) in [6, 6.07) is 1.94. The fraction of sp³-hybridized carbons (Fsp3) is 0.667. The second-order valence-electron chi connectivity index (χ2n) is 4.88. The average molecular weight is 251 g/mol. The molecule has 1 aromatic heterocycles. The van der Waals surface area contributed by atoms with E-state index in [0.29, 0.717) is 6.61 Å². The predicted octanol–water partition coefficient (Wildman–Crippen LogP) is 3.42. The van der Waals surface area contributed by atoms with Crippen LogP contribution in [0.25, 0.3) is 0 Å². The topological polar surface area (TPSA) is 31.2 Å². The van der Waals surface area contributed by atoms with Crippen LogP contribution >= 0.6 is 0 Å². The van der Waals surface area contributed by atoms with Gasteiger partial charge in [-0.3, -0.25) is 4.79 Å². The van der Waals surface area contributed by atoms with E-state index in [9.17, 15) is 4.79 Å². The van der Waals surface area contributed by atoms with Gasteiger partial charge in [0.25, 0.3) is 0 Å². The van der Waals surface area contributed by atoms with Crippen molar-refractivity contribution in [3.63, 3.8) is 0 Å². The molecular weight excluding hydrogens is 226 g/mol. The van der Waals surface area contributed by atoms with Gasteiger partial charge in [0.2, 0.25) is 0 Å². The van der Waals surface area contributed by atoms with E-state index in [1.54, 1.807) is 0 Å². The summed E-state index contributed by atoms with van der Waals surface area (Å²) in [5, 5.41) is 0. The zero-order chi connectivity index (χ0) is 13.5. The van der Waals surface area contributed by atoms with Crippen LogP contribution in [0, 0.1) is 13.8 Å². The van der Waals surface area contributed by atoms with Crippen molar-refractivity contribution in [2.75, 3.05) is 13.2 Å². The lowest BCUT2D eigenvalue weighted by Gasteiger charge is -2.04. The Bertz CT molecular complexity index is 393. The second kappa shape index (κ2) is 7.37. The Morgan fingerprint density at radius 1 is 1.28 bits per heavy atom. The van der Waals surface area contributed by atoms with E-state index in [1.807, 2.05) is 31.5 Å². The van der Waals surface area contributed by atoms with Gasteiger partial charge in [0.1, 0.15) is 6.61 Å².